The van der Waals surface area contributed by atoms with Gasteiger partial charge in [0.15, 0.2) is 0 Å². The van der Waals surface area contributed by atoms with Crippen molar-refractivity contribution in [3.05, 3.63) is 51.9 Å². The van der Waals surface area contributed by atoms with Crippen LogP contribution in [0.5, 0.6) is 0 Å². The highest BCUT2D eigenvalue weighted by Crippen LogP contribution is 2.34. The highest BCUT2D eigenvalue weighted by Gasteiger charge is 2.30. The third-order valence-corrected chi connectivity index (χ3v) is 4.72. The zero-order valence-corrected chi connectivity index (χ0v) is 13.4. The van der Waals surface area contributed by atoms with Gasteiger partial charge in [-0.2, -0.15) is 4.68 Å². The number of nitrogens with two attached hydrogens (primary N) is 1. The number of thioether (sulfide) groups is 1. The molecule has 7 nitrogen and oxygen atoms in total. The molecule has 1 atom stereocenters. The Morgan fingerprint density at radius 2 is 2.04 bits per heavy atom. The number of aromatic nitrogens is 3. The molecule has 23 heavy (non-hydrogen) atoms. The molecule has 2 aromatic rings. The molecule has 3 N–H and O–H groups in total. The number of benzene rings is 1. The zero-order chi connectivity index (χ0) is 16.4. The number of nitrogen functional groups attached to an aromatic ring is 1. The molecule has 0 saturated heterocycles. The van der Waals surface area contributed by atoms with E-state index >= 15 is 0 Å². The lowest BCUT2D eigenvalue weighted by atomic mass is 10.1. The van der Waals surface area contributed by atoms with Crippen LogP contribution in [0.25, 0.3) is 0 Å². The molecule has 0 bridgehead atoms. The zero-order valence-electron chi connectivity index (χ0n) is 12.6. The third-order valence-electron chi connectivity index (χ3n) is 3.51. The third kappa shape index (κ3) is 3.53. The normalized spacial score (nSPS) is 15.2. The van der Waals surface area contributed by atoms with E-state index < -0.39 is 10.8 Å². The number of carbonyl (C=O) groups is 1. The van der Waals surface area contributed by atoms with E-state index in [9.17, 15) is 9.59 Å². The predicted molar refractivity (Wildman–Crippen MR) is 87.4 cm³/mol. The van der Waals surface area contributed by atoms with Gasteiger partial charge in [0.2, 0.25) is 11.1 Å². The van der Waals surface area contributed by atoms with Crippen LogP contribution >= 0.6 is 11.8 Å². The van der Waals surface area contributed by atoms with Crippen LogP contribution in [-0.4, -0.2) is 26.8 Å². The van der Waals surface area contributed by atoms with Crippen molar-refractivity contribution < 1.29 is 4.79 Å². The predicted octanol–water partition coefficient (Wildman–Crippen LogP) is 0.773. The number of nitrogens with zero attached hydrogens (tertiary/aromatic N) is 3. The van der Waals surface area contributed by atoms with Crippen LogP contribution in [0, 0.1) is 6.92 Å². The van der Waals surface area contributed by atoms with Crippen molar-refractivity contribution in [1.29, 1.82) is 0 Å². The average Bonchev–Trinajstić information content (AvgIpc) is 3.37. The maximum absolute atomic E-state index is 12.6. The Labute approximate surface area is 137 Å². The summed E-state index contributed by atoms with van der Waals surface area (Å²) in [6.45, 7) is 1.54. The van der Waals surface area contributed by atoms with Crippen molar-refractivity contribution in [2.75, 3.05) is 5.84 Å². The van der Waals surface area contributed by atoms with E-state index in [1.807, 2.05) is 30.3 Å². The average molecular weight is 331 g/mol. The van der Waals surface area contributed by atoms with Crippen LogP contribution in [0.15, 0.2) is 40.3 Å². The van der Waals surface area contributed by atoms with Gasteiger partial charge in [-0.25, -0.2) is 0 Å². The number of rotatable bonds is 5. The fraction of sp³-hybridized carbons (Fsp3) is 0.333. The fourth-order valence-electron chi connectivity index (χ4n) is 2.06. The number of hydrogen-bond acceptors (Lipinski definition) is 6. The Balaban J connectivity index is 1.91. The SMILES string of the molecule is Cc1nnc(S[C@H](C(=O)NC2CC2)c2ccccc2)n(N)c1=O. The molecule has 1 saturated carbocycles. The van der Waals surface area contributed by atoms with Crippen molar-refractivity contribution in [2.24, 2.45) is 0 Å². The van der Waals surface area contributed by atoms with Gasteiger partial charge in [0.25, 0.3) is 5.56 Å². The summed E-state index contributed by atoms with van der Waals surface area (Å²) in [5.74, 6) is 5.66. The summed E-state index contributed by atoms with van der Waals surface area (Å²) < 4.78 is 0.938. The monoisotopic (exact) mass is 331 g/mol. The molecule has 0 spiro atoms. The van der Waals surface area contributed by atoms with E-state index in [0.29, 0.717) is 0 Å². The van der Waals surface area contributed by atoms with Crippen LogP contribution in [-0.2, 0) is 4.79 Å². The highest BCUT2D eigenvalue weighted by molar-refractivity contribution is 8.00. The van der Waals surface area contributed by atoms with Gasteiger partial charge in [-0.1, -0.05) is 42.1 Å². The molecule has 120 valence electrons. The summed E-state index contributed by atoms with van der Waals surface area (Å²) in [5, 5.41) is 10.4. The number of aryl methyl sites for hydroxylation is 1. The topological polar surface area (TPSA) is 103 Å². The minimum atomic E-state index is -0.539. The fourth-order valence-corrected chi connectivity index (χ4v) is 3.02. The first kappa shape index (κ1) is 15.5. The second-order valence-electron chi connectivity index (χ2n) is 5.43. The molecule has 1 aliphatic carbocycles. The molecule has 1 aromatic heterocycles. The molecule has 1 amide bonds. The first-order valence-corrected chi connectivity index (χ1v) is 8.17. The van der Waals surface area contributed by atoms with Gasteiger partial charge in [0.1, 0.15) is 10.9 Å². The molecule has 1 aliphatic rings. The van der Waals surface area contributed by atoms with Gasteiger partial charge >= 0.3 is 0 Å². The van der Waals surface area contributed by atoms with E-state index in [1.165, 1.54) is 0 Å². The lowest BCUT2D eigenvalue weighted by molar-refractivity contribution is -0.120. The van der Waals surface area contributed by atoms with Crippen LogP contribution < -0.4 is 16.7 Å². The molecule has 0 aliphatic heterocycles. The van der Waals surface area contributed by atoms with Gasteiger partial charge in [0, 0.05) is 6.04 Å². The first-order valence-electron chi connectivity index (χ1n) is 7.29. The molecule has 1 fully saturated rings. The minimum absolute atomic E-state index is 0.112. The molecule has 8 heteroatoms. The Morgan fingerprint density at radius 1 is 1.35 bits per heavy atom. The van der Waals surface area contributed by atoms with E-state index in [2.05, 4.69) is 15.5 Å². The molecule has 0 unspecified atom stereocenters. The van der Waals surface area contributed by atoms with Crippen molar-refractivity contribution in [3.63, 3.8) is 0 Å². The van der Waals surface area contributed by atoms with Crippen LogP contribution in [0.2, 0.25) is 0 Å². The number of nitrogens with one attached hydrogen (secondary N) is 1. The molecule has 3 rings (SSSR count). The van der Waals surface area contributed by atoms with Crippen molar-refractivity contribution in [2.45, 2.75) is 36.2 Å². The van der Waals surface area contributed by atoms with Gasteiger partial charge in [0.05, 0.1) is 0 Å². The standard InChI is InChI=1S/C15H17N5O2S/c1-9-14(22)20(16)15(19-18-9)23-12(10-5-3-2-4-6-10)13(21)17-11-7-8-11/h2-6,11-12H,7-8,16H2,1H3,(H,17,21)/t12-/m0/s1. The summed E-state index contributed by atoms with van der Waals surface area (Å²) >= 11 is 1.12. The molecular weight excluding hydrogens is 314 g/mol. The molecule has 0 radical (unpaired) electrons. The Kier molecular flexibility index (Phi) is 4.33. The van der Waals surface area contributed by atoms with E-state index in [0.717, 1.165) is 34.8 Å². The summed E-state index contributed by atoms with van der Waals surface area (Å²) in [4.78, 5) is 24.4. The van der Waals surface area contributed by atoms with Gasteiger partial charge in [-0.05, 0) is 25.3 Å². The molecular formula is C15H17N5O2S. The maximum atomic E-state index is 12.6. The van der Waals surface area contributed by atoms with Crippen molar-refractivity contribution in [1.82, 2.24) is 20.2 Å². The lowest BCUT2D eigenvalue weighted by Crippen LogP contribution is -2.34. The van der Waals surface area contributed by atoms with Gasteiger partial charge < -0.3 is 11.2 Å². The number of amides is 1. The molecule has 1 aromatic carbocycles. The summed E-state index contributed by atoms with van der Waals surface area (Å²) in [6, 6.07) is 9.59. The van der Waals surface area contributed by atoms with Crippen molar-refractivity contribution in [3.8, 4) is 0 Å². The quantitative estimate of drug-likeness (QED) is 0.620. The van der Waals surface area contributed by atoms with E-state index in [-0.39, 0.29) is 22.8 Å². The summed E-state index contributed by atoms with van der Waals surface area (Å²) in [5.41, 5.74) is 0.623. The van der Waals surface area contributed by atoms with Crippen LogP contribution in [0.4, 0.5) is 0 Å². The first-order chi connectivity index (χ1) is 11.1. The Hall–Kier alpha value is -2.35. The van der Waals surface area contributed by atoms with Gasteiger partial charge in [-0.15, -0.1) is 10.2 Å². The number of carbonyl (C=O) groups excluding carboxylic acids is 1. The Bertz CT molecular complexity index is 773. The lowest BCUT2D eigenvalue weighted by Gasteiger charge is -2.17. The highest BCUT2D eigenvalue weighted by atomic mass is 32.2. The summed E-state index contributed by atoms with van der Waals surface area (Å²) in [6.07, 6.45) is 2.01. The van der Waals surface area contributed by atoms with E-state index in [1.54, 1.807) is 6.92 Å². The Morgan fingerprint density at radius 3 is 2.70 bits per heavy atom. The van der Waals surface area contributed by atoms with Crippen LogP contribution in [0.1, 0.15) is 29.3 Å². The maximum Gasteiger partial charge on any atom is 0.294 e. The molecule has 1 heterocycles. The summed E-state index contributed by atoms with van der Waals surface area (Å²) in [7, 11) is 0. The smallest absolute Gasteiger partial charge is 0.294 e. The second kappa shape index (κ2) is 6.41. The van der Waals surface area contributed by atoms with E-state index in [4.69, 9.17) is 5.84 Å². The van der Waals surface area contributed by atoms with Crippen molar-refractivity contribution >= 4 is 17.7 Å². The van der Waals surface area contributed by atoms with Crippen LogP contribution in [0.3, 0.4) is 0 Å². The number of hydrogen-bond donors (Lipinski definition) is 2. The largest absolute Gasteiger partial charge is 0.352 e. The minimum Gasteiger partial charge on any atom is -0.352 e. The van der Waals surface area contributed by atoms with Gasteiger partial charge in [-0.3, -0.25) is 9.59 Å². The second-order valence-corrected chi connectivity index (χ2v) is 6.51.